The topological polar surface area (TPSA) is 56.7 Å². The molecule has 1 aromatic heterocycles. The fraction of sp³-hybridized carbons (Fsp3) is 0.500. The maximum absolute atomic E-state index is 6.44. The Hall–Kier alpha value is -1.39. The second-order valence-electron chi connectivity index (χ2n) is 5.18. The first kappa shape index (κ1) is 16.0. The minimum atomic E-state index is 0.126. The van der Waals surface area contributed by atoms with Gasteiger partial charge in [-0.3, -0.25) is 0 Å². The van der Waals surface area contributed by atoms with Gasteiger partial charge in [-0.1, -0.05) is 44.5 Å². The SMILES string of the molecule is CCc1nc(CC)n(-c2c(Cl)cccc2CC(N)CC)n1. The number of benzene rings is 1. The predicted molar refractivity (Wildman–Crippen MR) is 87.1 cm³/mol. The molecule has 0 radical (unpaired) electrons. The van der Waals surface area contributed by atoms with E-state index >= 15 is 0 Å². The zero-order valence-electron chi connectivity index (χ0n) is 12.9. The number of rotatable bonds is 6. The molecule has 0 saturated heterocycles. The second-order valence-corrected chi connectivity index (χ2v) is 5.59. The van der Waals surface area contributed by atoms with Gasteiger partial charge < -0.3 is 5.73 Å². The summed E-state index contributed by atoms with van der Waals surface area (Å²) >= 11 is 6.44. The third-order valence-electron chi connectivity index (χ3n) is 3.64. The lowest BCUT2D eigenvalue weighted by molar-refractivity contribution is 0.640. The van der Waals surface area contributed by atoms with Crippen LogP contribution < -0.4 is 5.73 Å². The highest BCUT2D eigenvalue weighted by Crippen LogP contribution is 2.26. The zero-order chi connectivity index (χ0) is 15.4. The third kappa shape index (κ3) is 3.44. The van der Waals surface area contributed by atoms with Crippen molar-refractivity contribution in [2.45, 2.75) is 52.5 Å². The van der Waals surface area contributed by atoms with Gasteiger partial charge >= 0.3 is 0 Å². The summed E-state index contributed by atoms with van der Waals surface area (Å²) in [5.41, 5.74) is 8.16. The number of aryl methyl sites for hydroxylation is 2. The van der Waals surface area contributed by atoms with Crippen LogP contribution in [0.15, 0.2) is 18.2 Å². The van der Waals surface area contributed by atoms with Crippen molar-refractivity contribution in [2.24, 2.45) is 5.73 Å². The number of para-hydroxylation sites is 1. The van der Waals surface area contributed by atoms with E-state index in [2.05, 4.69) is 36.9 Å². The Morgan fingerprint density at radius 3 is 2.62 bits per heavy atom. The lowest BCUT2D eigenvalue weighted by atomic mass is 10.0. The zero-order valence-corrected chi connectivity index (χ0v) is 13.7. The number of nitrogens with two attached hydrogens (primary N) is 1. The van der Waals surface area contributed by atoms with Gasteiger partial charge in [-0.25, -0.2) is 9.67 Å². The van der Waals surface area contributed by atoms with E-state index < -0.39 is 0 Å². The summed E-state index contributed by atoms with van der Waals surface area (Å²) in [4.78, 5) is 4.57. The van der Waals surface area contributed by atoms with Crippen molar-refractivity contribution in [1.29, 1.82) is 0 Å². The van der Waals surface area contributed by atoms with Crippen molar-refractivity contribution in [2.75, 3.05) is 0 Å². The van der Waals surface area contributed by atoms with Crippen molar-refractivity contribution in [3.63, 3.8) is 0 Å². The van der Waals surface area contributed by atoms with Crippen LogP contribution in [-0.2, 0) is 19.3 Å². The molecule has 0 bridgehead atoms. The molecule has 1 atom stereocenters. The quantitative estimate of drug-likeness (QED) is 0.890. The van der Waals surface area contributed by atoms with E-state index in [1.165, 1.54) is 0 Å². The van der Waals surface area contributed by atoms with E-state index in [9.17, 15) is 0 Å². The van der Waals surface area contributed by atoms with E-state index in [0.29, 0.717) is 5.02 Å². The lowest BCUT2D eigenvalue weighted by Gasteiger charge is -2.15. The van der Waals surface area contributed by atoms with Gasteiger partial charge in [0.25, 0.3) is 0 Å². The molecule has 2 aromatic rings. The van der Waals surface area contributed by atoms with Crippen LogP contribution in [0.1, 0.15) is 44.4 Å². The van der Waals surface area contributed by atoms with E-state index in [0.717, 1.165) is 48.6 Å². The van der Waals surface area contributed by atoms with Crippen LogP contribution in [-0.4, -0.2) is 20.8 Å². The maximum Gasteiger partial charge on any atom is 0.151 e. The highest BCUT2D eigenvalue weighted by molar-refractivity contribution is 6.32. The van der Waals surface area contributed by atoms with Crippen molar-refractivity contribution in [3.05, 3.63) is 40.4 Å². The summed E-state index contributed by atoms with van der Waals surface area (Å²) in [6.45, 7) is 6.23. The molecule has 21 heavy (non-hydrogen) atoms. The van der Waals surface area contributed by atoms with Crippen LogP contribution in [0.4, 0.5) is 0 Å². The molecule has 0 spiro atoms. The Bertz CT molecular complexity index is 606. The maximum atomic E-state index is 6.44. The molecule has 4 nitrogen and oxygen atoms in total. The standard InChI is InChI=1S/C16H23ClN4/c1-4-12(18)10-11-8-7-9-13(17)16(11)21-15(6-3)19-14(5-2)20-21/h7-9,12H,4-6,10,18H2,1-3H3. The van der Waals surface area contributed by atoms with Gasteiger partial charge in [-0.05, 0) is 24.5 Å². The summed E-state index contributed by atoms with van der Waals surface area (Å²) < 4.78 is 1.89. The lowest BCUT2D eigenvalue weighted by Crippen LogP contribution is -2.22. The first-order valence-corrected chi connectivity index (χ1v) is 7.96. The number of hydrogen-bond donors (Lipinski definition) is 1. The van der Waals surface area contributed by atoms with Crippen molar-refractivity contribution < 1.29 is 0 Å². The Balaban J connectivity index is 2.54. The fourth-order valence-electron chi connectivity index (χ4n) is 2.34. The molecule has 0 aliphatic carbocycles. The van der Waals surface area contributed by atoms with Gasteiger partial charge in [-0.2, -0.15) is 5.10 Å². The smallest absolute Gasteiger partial charge is 0.151 e. The average molecular weight is 307 g/mol. The Kier molecular flexibility index (Phi) is 5.37. The van der Waals surface area contributed by atoms with Crippen LogP contribution in [0.3, 0.4) is 0 Å². The van der Waals surface area contributed by atoms with E-state index in [4.69, 9.17) is 17.3 Å². The Labute approximate surface area is 131 Å². The minimum absolute atomic E-state index is 0.126. The van der Waals surface area contributed by atoms with E-state index in [1.807, 2.05) is 16.8 Å². The molecule has 1 unspecified atom stereocenters. The summed E-state index contributed by atoms with van der Waals surface area (Å²) in [7, 11) is 0. The Morgan fingerprint density at radius 2 is 2.00 bits per heavy atom. The molecule has 0 fully saturated rings. The average Bonchev–Trinajstić information content (AvgIpc) is 2.90. The number of nitrogens with zero attached hydrogens (tertiary/aromatic N) is 3. The third-order valence-corrected chi connectivity index (χ3v) is 3.94. The number of halogens is 1. The van der Waals surface area contributed by atoms with Crippen LogP contribution >= 0.6 is 11.6 Å². The fourth-order valence-corrected chi connectivity index (χ4v) is 2.61. The van der Waals surface area contributed by atoms with Crippen molar-refractivity contribution in [3.8, 4) is 5.69 Å². The van der Waals surface area contributed by atoms with Gasteiger partial charge in [0.2, 0.25) is 0 Å². The predicted octanol–water partition coefficient (Wildman–Crippen LogP) is 3.33. The molecule has 5 heteroatoms. The normalized spacial score (nSPS) is 12.6. The highest BCUT2D eigenvalue weighted by Gasteiger charge is 2.17. The monoisotopic (exact) mass is 306 g/mol. The van der Waals surface area contributed by atoms with Gasteiger partial charge in [0, 0.05) is 18.9 Å². The van der Waals surface area contributed by atoms with E-state index in [-0.39, 0.29) is 6.04 Å². The summed E-state index contributed by atoms with van der Waals surface area (Å²) in [5.74, 6) is 1.78. The molecular formula is C16H23ClN4. The molecular weight excluding hydrogens is 284 g/mol. The molecule has 0 saturated carbocycles. The Morgan fingerprint density at radius 1 is 1.24 bits per heavy atom. The van der Waals surface area contributed by atoms with Gasteiger partial charge in [-0.15, -0.1) is 0 Å². The summed E-state index contributed by atoms with van der Waals surface area (Å²) in [5, 5.41) is 5.30. The first-order valence-electron chi connectivity index (χ1n) is 7.58. The molecule has 114 valence electrons. The molecule has 1 heterocycles. The first-order chi connectivity index (χ1) is 10.1. The molecule has 2 rings (SSSR count). The number of hydrogen-bond acceptors (Lipinski definition) is 3. The van der Waals surface area contributed by atoms with Crippen LogP contribution in [0.2, 0.25) is 5.02 Å². The minimum Gasteiger partial charge on any atom is -0.327 e. The summed E-state index contributed by atoms with van der Waals surface area (Å²) in [6.07, 6.45) is 3.35. The highest BCUT2D eigenvalue weighted by atomic mass is 35.5. The van der Waals surface area contributed by atoms with Gasteiger partial charge in [0.05, 0.1) is 10.7 Å². The van der Waals surface area contributed by atoms with Gasteiger partial charge in [0.1, 0.15) is 5.82 Å². The second kappa shape index (κ2) is 7.05. The van der Waals surface area contributed by atoms with Crippen molar-refractivity contribution in [1.82, 2.24) is 14.8 Å². The molecule has 0 aliphatic heterocycles. The number of aromatic nitrogens is 3. The molecule has 2 N–H and O–H groups in total. The van der Waals surface area contributed by atoms with Crippen LogP contribution in [0, 0.1) is 0 Å². The molecule has 0 aliphatic rings. The van der Waals surface area contributed by atoms with Crippen LogP contribution in [0.5, 0.6) is 0 Å². The molecule has 1 aromatic carbocycles. The largest absolute Gasteiger partial charge is 0.327 e. The van der Waals surface area contributed by atoms with Gasteiger partial charge in [0.15, 0.2) is 5.82 Å². The molecule has 0 amide bonds. The van der Waals surface area contributed by atoms with Crippen molar-refractivity contribution >= 4 is 11.6 Å². The summed E-state index contributed by atoms with van der Waals surface area (Å²) in [6, 6.07) is 6.06. The van der Waals surface area contributed by atoms with Crippen LogP contribution in [0.25, 0.3) is 5.69 Å². The van der Waals surface area contributed by atoms with E-state index in [1.54, 1.807) is 0 Å².